The minimum absolute atomic E-state index is 0.107. The first-order chi connectivity index (χ1) is 9.25. The van der Waals surface area contributed by atoms with Crippen LogP contribution in [0, 0.1) is 0 Å². The Morgan fingerprint density at radius 2 is 1.68 bits per heavy atom. The molecule has 2 aromatic carbocycles. The Labute approximate surface area is 117 Å². The normalized spacial score (nSPS) is 10.2. The van der Waals surface area contributed by atoms with E-state index < -0.39 is 0 Å². The second-order valence-electron chi connectivity index (χ2n) is 4.12. The van der Waals surface area contributed by atoms with Gasteiger partial charge in [0.15, 0.2) is 0 Å². The fourth-order valence-electron chi connectivity index (χ4n) is 1.67. The largest absolute Gasteiger partial charge is 0.324 e. The third kappa shape index (κ3) is 4.39. The van der Waals surface area contributed by atoms with Crippen LogP contribution in [0.25, 0.3) is 0 Å². The van der Waals surface area contributed by atoms with Crippen LogP contribution in [0.4, 0.5) is 5.69 Å². The molecule has 98 valence electrons. The van der Waals surface area contributed by atoms with E-state index in [1.54, 1.807) is 12.1 Å². The highest BCUT2D eigenvalue weighted by Crippen LogP contribution is 2.19. The summed E-state index contributed by atoms with van der Waals surface area (Å²) in [4.78, 5) is 11.7. The van der Waals surface area contributed by atoms with Gasteiger partial charge in [-0.05, 0) is 17.7 Å². The third-order valence-electron chi connectivity index (χ3n) is 2.61. The van der Waals surface area contributed by atoms with Gasteiger partial charge in [-0.3, -0.25) is 4.79 Å². The molecule has 0 bridgehead atoms. The lowest BCUT2D eigenvalue weighted by Gasteiger charge is -2.08. The van der Waals surface area contributed by atoms with Crippen LogP contribution in [0.1, 0.15) is 5.56 Å². The molecule has 0 atom stereocenters. The van der Waals surface area contributed by atoms with Gasteiger partial charge in [0, 0.05) is 6.54 Å². The molecule has 0 aliphatic heterocycles. The second-order valence-corrected chi connectivity index (χ2v) is 4.52. The van der Waals surface area contributed by atoms with Crippen molar-refractivity contribution >= 4 is 23.2 Å². The molecule has 19 heavy (non-hydrogen) atoms. The van der Waals surface area contributed by atoms with Crippen molar-refractivity contribution in [3.63, 3.8) is 0 Å². The highest BCUT2D eigenvalue weighted by Gasteiger charge is 2.04. The minimum atomic E-state index is -0.107. The van der Waals surface area contributed by atoms with Crippen molar-refractivity contribution in [1.82, 2.24) is 5.32 Å². The van der Waals surface area contributed by atoms with E-state index in [9.17, 15) is 4.79 Å². The zero-order valence-electron chi connectivity index (χ0n) is 10.4. The van der Waals surface area contributed by atoms with Crippen LogP contribution in [0.2, 0.25) is 5.02 Å². The number of anilines is 1. The number of hydrogen-bond donors (Lipinski definition) is 2. The summed E-state index contributed by atoms with van der Waals surface area (Å²) < 4.78 is 0. The highest BCUT2D eigenvalue weighted by atomic mass is 35.5. The van der Waals surface area contributed by atoms with Gasteiger partial charge in [-0.15, -0.1) is 0 Å². The molecule has 0 aromatic heterocycles. The Hall–Kier alpha value is -1.84. The minimum Gasteiger partial charge on any atom is -0.324 e. The molecule has 0 radical (unpaired) electrons. The molecule has 3 nitrogen and oxygen atoms in total. The fraction of sp³-hybridized carbons (Fsp3) is 0.133. The zero-order chi connectivity index (χ0) is 13.5. The van der Waals surface area contributed by atoms with E-state index in [2.05, 4.69) is 10.6 Å². The van der Waals surface area contributed by atoms with E-state index in [1.165, 1.54) is 0 Å². The lowest BCUT2D eigenvalue weighted by atomic mass is 10.2. The van der Waals surface area contributed by atoms with Gasteiger partial charge in [0.2, 0.25) is 5.91 Å². The maximum atomic E-state index is 11.7. The quantitative estimate of drug-likeness (QED) is 0.880. The van der Waals surface area contributed by atoms with Crippen molar-refractivity contribution < 1.29 is 4.79 Å². The average Bonchev–Trinajstić information content (AvgIpc) is 2.43. The molecule has 0 unspecified atom stereocenters. The molecule has 0 heterocycles. The summed E-state index contributed by atoms with van der Waals surface area (Å²) >= 11 is 5.96. The van der Waals surface area contributed by atoms with Crippen LogP contribution in [-0.4, -0.2) is 12.5 Å². The average molecular weight is 275 g/mol. The molecule has 2 aromatic rings. The number of benzene rings is 2. The van der Waals surface area contributed by atoms with Crippen LogP contribution in [-0.2, 0) is 11.3 Å². The molecule has 0 saturated heterocycles. The molecule has 0 aliphatic rings. The van der Waals surface area contributed by atoms with Gasteiger partial charge in [0.05, 0.1) is 17.3 Å². The highest BCUT2D eigenvalue weighted by molar-refractivity contribution is 6.33. The van der Waals surface area contributed by atoms with Gasteiger partial charge in [-0.2, -0.15) is 0 Å². The van der Waals surface area contributed by atoms with E-state index in [4.69, 9.17) is 11.6 Å². The topological polar surface area (TPSA) is 41.1 Å². The zero-order valence-corrected chi connectivity index (χ0v) is 11.2. The summed E-state index contributed by atoms with van der Waals surface area (Å²) in [6, 6.07) is 17.1. The van der Waals surface area contributed by atoms with Crippen molar-refractivity contribution in [1.29, 1.82) is 0 Å². The Bertz CT molecular complexity index is 543. The Balaban J connectivity index is 1.78. The molecule has 1 amide bonds. The smallest absolute Gasteiger partial charge is 0.238 e. The second kappa shape index (κ2) is 6.92. The van der Waals surface area contributed by atoms with Gasteiger partial charge in [0.1, 0.15) is 0 Å². The van der Waals surface area contributed by atoms with E-state index in [0.717, 1.165) is 5.56 Å². The number of rotatable bonds is 5. The predicted octanol–water partition coefficient (Wildman–Crippen LogP) is 3.07. The summed E-state index contributed by atoms with van der Waals surface area (Å²) in [5.74, 6) is -0.107. The molecular weight excluding hydrogens is 260 g/mol. The van der Waals surface area contributed by atoms with Crippen LogP contribution in [0.3, 0.4) is 0 Å². The monoisotopic (exact) mass is 274 g/mol. The number of carbonyl (C=O) groups excluding carboxylic acids is 1. The number of halogens is 1. The maximum absolute atomic E-state index is 11.7. The van der Waals surface area contributed by atoms with Crippen LogP contribution in [0.15, 0.2) is 54.6 Å². The summed E-state index contributed by atoms with van der Waals surface area (Å²) in [6.45, 7) is 0.914. The Morgan fingerprint density at radius 3 is 2.42 bits per heavy atom. The first-order valence-corrected chi connectivity index (χ1v) is 6.42. The first-order valence-electron chi connectivity index (χ1n) is 6.05. The molecular formula is C15H15ClN2O. The van der Waals surface area contributed by atoms with Crippen LogP contribution >= 0.6 is 11.6 Å². The Kier molecular flexibility index (Phi) is 4.95. The molecule has 0 spiro atoms. The van der Waals surface area contributed by atoms with Crippen molar-refractivity contribution in [3.8, 4) is 0 Å². The lowest BCUT2D eigenvalue weighted by Crippen LogP contribution is -2.27. The number of carbonyl (C=O) groups is 1. The number of para-hydroxylation sites is 1. The van der Waals surface area contributed by atoms with Crippen molar-refractivity contribution in [2.45, 2.75) is 6.54 Å². The molecule has 4 heteroatoms. The number of hydrogen-bond acceptors (Lipinski definition) is 2. The van der Waals surface area contributed by atoms with E-state index >= 15 is 0 Å². The summed E-state index contributed by atoms with van der Waals surface area (Å²) in [6.07, 6.45) is 0. The van der Waals surface area contributed by atoms with Crippen molar-refractivity contribution in [3.05, 3.63) is 65.2 Å². The van der Waals surface area contributed by atoms with Crippen LogP contribution < -0.4 is 10.6 Å². The summed E-state index contributed by atoms with van der Waals surface area (Å²) in [5.41, 5.74) is 1.78. The SMILES string of the molecule is O=C(CNCc1ccccc1)Nc1ccccc1Cl. The van der Waals surface area contributed by atoms with E-state index in [-0.39, 0.29) is 12.5 Å². The van der Waals surface area contributed by atoms with Crippen molar-refractivity contribution in [2.24, 2.45) is 0 Å². The number of amides is 1. The molecule has 0 aliphatic carbocycles. The predicted molar refractivity (Wildman–Crippen MR) is 78.2 cm³/mol. The molecule has 0 fully saturated rings. The van der Waals surface area contributed by atoms with Gasteiger partial charge in [-0.25, -0.2) is 0 Å². The van der Waals surface area contributed by atoms with Gasteiger partial charge < -0.3 is 10.6 Å². The Morgan fingerprint density at radius 1 is 1.00 bits per heavy atom. The third-order valence-corrected chi connectivity index (χ3v) is 2.94. The van der Waals surface area contributed by atoms with Gasteiger partial charge in [-0.1, -0.05) is 54.1 Å². The fourth-order valence-corrected chi connectivity index (χ4v) is 1.86. The first kappa shape index (κ1) is 13.6. The van der Waals surface area contributed by atoms with Gasteiger partial charge in [0.25, 0.3) is 0 Å². The van der Waals surface area contributed by atoms with E-state index in [1.807, 2.05) is 42.5 Å². The maximum Gasteiger partial charge on any atom is 0.238 e. The lowest BCUT2D eigenvalue weighted by molar-refractivity contribution is -0.115. The van der Waals surface area contributed by atoms with Gasteiger partial charge >= 0.3 is 0 Å². The standard InChI is InChI=1S/C15H15ClN2O/c16-13-8-4-5-9-14(13)18-15(19)11-17-10-12-6-2-1-3-7-12/h1-9,17H,10-11H2,(H,18,19). The van der Waals surface area contributed by atoms with Crippen LogP contribution in [0.5, 0.6) is 0 Å². The molecule has 0 saturated carbocycles. The number of nitrogens with one attached hydrogen (secondary N) is 2. The van der Waals surface area contributed by atoms with E-state index in [0.29, 0.717) is 17.3 Å². The summed E-state index contributed by atoms with van der Waals surface area (Å²) in [7, 11) is 0. The van der Waals surface area contributed by atoms with Crippen molar-refractivity contribution in [2.75, 3.05) is 11.9 Å². The molecule has 2 N–H and O–H groups in total. The molecule has 2 rings (SSSR count). The summed E-state index contributed by atoms with van der Waals surface area (Å²) in [5, 5.41) is 6.39.